The van der Waals surface area contributed by atoms with Gasteiger partial charge in [0, 0.05) is 26.5 Å². The number of hydrogen-bond acceptors (Lipinski definition) is 3. The van der Waals surface area contributed by atoms with Gasteiger partial charge in [0.1, 0.15) is 0 Å². The van der Waals surface area contributed by atoms with Crippen LogP contribution < -0.4 is 5.32 Å². The van der Waals surface area contributed by atoms with E-state index in [1.54, 1.807) is 11.3 Å². The molecule has 1 unspecified atom stereocenters. The molecule has 96 valence electrons. The molecule has 0 fully saturated rings. The van der Waals surface area contributed by atoms with E-state index in [9.17, 15) is 0 Å². The Balaban J connectivity index is 2.01. The average Bonchev–Trinajstić information content (AvgIpc) is 2.82. The SMILES string of the molecule is CCNC(CSc1ccccc1)c1cscc1Br. The van der Waals surface area contributed by atoms with Gasteiger partial charge in [0.2, 0.25) is 0 Å². The molecule has 0 saturated heterocycles. The maximum Gasteiger partial charge on any atom is 0.0434 e. The van der Waals surface area contributed by atoms with Crippen molar-refractivity contribution in [3.05, 3.63) is 51.1 Å². The quantitative estimate of drug-likeness (QED) is 0.745. The first-order chi connectivity index (χ1) is 8.81. The first kappa shape index (κ1) is 14.1. The molecule has 1 N–H and O–H groups in total. The van der Waals surface area contributed by atoms with Crippen LogP contribution in [0.4, 0.5) is 0 Å². The molecule has 1 nitrogen and oxygen atoms in total. The molecule has 0 spiro atoms. The molecule has 4 heteroatoms. The molecule has 1 heterocycles. The fourth-order valence-corrected chi connectivity index (χ4v) is 4.37. The molecular weight excluding hydrogens is 326 g/mol. The first-order valence-corrected chi connectivity index (χ1v) is 8.66. The van der Waals surface area contributed by atoms with Crippen molar-refractivity contribution < 1.29 is 0 Å². The number of thioether (sulfide) groups is 1. The van der Waals surface area contributed by atoms with Gasteiger partial charge in [0.25, 0.3) is 0 Å². The summed E-state index contributed by atoms with van der Waals surface area (Å²) in [6.45, 7) is 3.14. The van der Waals surface area contributed by atoms with Crippen molar-refractivity contribution in [1.82, 2.24) is 5.32 Å². The van der Waals surface area contributed by atoms with Crippen molar-refractivity contribution >= 4 is 39.0 Å². The van der Waals surface area contributed by atoms with Crippen LogP contribution in [0.15, 0.2) is 50.5 Å². The monoisotopic (exact) mass is 341 g/mol. The molecule has 0 saturated carbocycles. The Labute approximate surface area is 125 Å². The second kappa shape index (κ2) is 7.34. The molecule has 1 aromatic carbocycles. The van der Waals surface area contributed by atoms with Crippen LogP contribution in [0.3, 0.4) is 0 Å². The van der Waals surface area contributed by atoms with Crippen LogP contribution in [0, 0.1) is 0 Å². The zero-order chi connectivity index (χ0) is 12.8. The van der Waals surface area contributed by atoms with E-state index >= 15 is 0 Å². The lowest BCUT2D eigenvalue weighted by Gasteiger charge is -2.17. The predicted octanol–water partition coefficient (Wildman–Crippen LogP) is 4.95. The number of rotatable bonds is 6. The zero-order valence-electron chi connectivity index (χ0n) is 10.2. The molecule has 0 aliphatic heterocycles. The molecule has 0 bridgehead atoms. The summed E-state index contributed by atoms with van der Waals surface area (Å²) < 4.78 is 1.21. The smallest absolute Gasteiger partial charge is 0.0434 e. The summed E-state index contributed by atoms with van der Waals surface area (Å²) >= 11 is 7.27. The normalized spacial score (nSPS) is 12.6. The maximum absolute atomic E-state index is 3.62. The minimum Gasteiger partial charge on any atom is -0.309 e. The van der Waals surface area contributed by atoms with Gasteiger partial charge in [0.05, 0.1) is 0 Å². The lowest BCUT2D eigenvalue weighted by Crippen LogP contribution is -2.22. The Morgan fingerprint density at radius 2 is 2.06 bits per heavy atom. The summed E-state index contributed by atoms with van der Waals surface area (Å²) in [6.07, 6.45) is 0. The number of benzene rings is 1. The van der Waals surface area contributed by atoms with E-state index in [-0.39, 0.29) is 0 Å². The molecule has 18 heavy (non-hydrogen) atoms. The van der Waals surface area contributed by atoms with E-state index in [1.807, 2.05) is 11.8 Å². The second-order valence-corrected chi connectivity index (χ2v) is 6.60. The number of hydrogen-bond donors (Lipinski definition) is 1. The van der Waals surface area contributed by atoms with Gasteiger partial charge in [0.15, 0.2) is 0 Å². The van der Waals surface area contributed by atoms with Crippen LogP contribution in [0.1, 0.15) is 18.5 Å². The third-order valence-electron chi connectivity index (χ3n) is 2.63. The Kier molecular flexibility index (Phi) is 5.76. The lowest BCUT2D eigenvalue weighted by molar-refractivity contribution is 0.606. The highest BCUT2D eigenvalue weighted by Gasteiger charge is 2.14. The largest absolute Gasteiger partial charge is 0.309 e. The Morgan fingerprint density at radius 3 is 2.67 bits per heavy atom. The lowest BCUT2D eigenvalue weighted by atomic mass is 10.2. The van der Waals surface area contributed by atoms with Gasteiger partial charge in [-0.3, -0.25) is 0 Å². The van der Waals surface area contributed by atoms with Crippen molar-refractivity contribution in [3.8, 4) is 0 Å². The van der Waals surface area contributed by atoms with Crippen molar-refractivity contribution in [2.75, 3.05) is 12.3 Å². The highest BCUT2D eigenvalue weighted by Crippen LogP contribution is 2.31. The molecule has 2 rings (SSSR count). The van der Waals surface area contributed by atoms with Crippen molar-refractivity contribution in [2.24, 2.45) is 0 Å². The topological polar surface area (TPSA) is 12.0 Å². The van der Waals surface area contributed by atoms with E-state index in [0.717, 1.165) is 12.3 Å². The minimum absolute atomic E-state index is 0.404. The molecule has 1 atom stereocenters. The van der Waals surface area contributed by atoms with Crippen LogP contribution >= 0.6 is 39.0 Å². The van der Waals surface area contributed by atoms with Crippen LogP contribution in [-0.4, -0.2) is 12.3 Å². The molecule has 0 aliphatic carbocycles. The molecule has 0 amide bonds. The van der Waals surface area contributed by atoms with Crippen LogP contribution in [-0.2, 0) is 0 Å². The van der Waals surface area contributed by atoms with Gasteiger partial charge >= 0.3 is 0 Å². The Hall–Kier alpha value is -0.290. The van der Waals surface area contributed by atoms with E-state index in [0.29, 0.717) is 6.04 Å². The van der Waals surface area contributed by atoms with Crippen LogP contribution in [0.25, 0.3) is 0 Å². The predicted molar refractivity (Wildman–Crippen MR) is 85.6 cm³/mol. The van der Waals surface area contributed by atoms with Gasteiger partial charge in [-0.2, -0.15) is 11.3 Å². The van der Waals surface area contributed by atoms with Crippen molar-refractivity contribution in [1.29, 1.82) is 0 Å². The summed E-state index contributed by atoms with van der Waals surface area (Å²) in [5.74, 6) is 1.05. The molecular formula is C14H16BrNS2. The van der Waals surface area contributed by atoms with E-state index < -0.39 is 0 Å². The summed E-state index contributed by atoms with van der Waals surface area (Å²) in [4.78, 5) is 1.33. The summed E-state index contributed by atoms with van der Waals surface area (Å²) in [7, 11) is 0. The van der Waals surface area contributed by atoms with Gasteiger partial charge in [-0.25, -0.2) is 0 Å². The van der Waals surface area contributed by atoms with Crippen LogP contribution in [0.2, 0.25) is 0 Å². The zero-order valence-corrected chi connectivity index (χ0v) is 13.4. The summed E-state index contributed by atoms with van der Waals surface area (Å²) in [5, 5.41) is 7.92. The van der Waals surface area contributed by atoms with Crippen LogP contribution in [0.5, 0.6) is 0 Å². The number of thiophene rings is 1. The highest BCUT2D eigenvalue weighted by molar-refractivity contribution is 9.10. The van der Waals surface area contributed by atoms with Crippen molar-refractivity contribution in [3.63, 3.8) is 0 Å². The highest BCUT2D eigenvalue weighted by atomic mass is 79.9. The van der Waals surface area contributed by atoms with Crippen molar-refractivity contribution in [2.45, 2.75) is 17.9 Å². The Morgan fingerprint density at radius 1 is 1.28 bits per heavy atom. The van der Waals surface area contributed by atoms with E-state index in [4.69, 9.17) is 0 Å². The minimum atomic E-state index is 0.404. The van der Waals surface area contributed by atoms with E-state index in [2.05, 4.69) is 69.3 Å². The molecule has 2 aromatic rings. The number of nitrogens with one attached hydrogen (secondary N) is 1. The molecule has 0 radical (unpaired) electrons. The summed E-state index contributed by atoms with van der Waals surface area (Å²) in [5.41, 5.74) is 1.37. The third kappa shape index (κ3) is 3.85. The molecule has 1 aromatic heterocycles. The standard InChI is InChI=1S/C14H16BrNS2/c1-2-16-14(12-8-17-9-13(12)15)10-18-11-6-4-3-5-7-11/h3-9,14,16H,2,10H2,1H3. The number of halogens is 1. The fraction of sp³-hybridized carbons (Fsp3) is 0.286. The van der Waals surface area contributed by atoms with Gasteiger partial charge in [-0.1, -0.05) is 25.1 Å². The summed E-state index contributed by atoms with van der Waals surface area (Å²) in [6, 6.07) is 11.0. The van der Waals surface area contributed by atoms with E-state index in [1.165, 1.54) is 14.9 Å². The van der Waals surface area contributed by atoms with Gasteiger partial charge in [-0.05, 0) is 45.6 Å². The Bertz CT molecular complexity index is 470. The van der Waals surface area contributed by atoms with Gasteiger partial charge < -0.3 is 5.32 Å². The maximum atomic E-state index is 3.62. The first-order valence-electron chi connectivity index (χ1n) is 5.94. The molecule has 0 aliphatic rings. The third-order valence-corrected chi connectivity index (χ3v) is 5.49. The average molecular weight is 342 g/mol. The van der Waals surface area contributed by atoms with Gasteiger partial charge in [-0.15, -0.1) is 11.8 Å². The fourth-order valence-electron chi connectivity index (χ4n) is 1.74. The second-order valence-electron chi connectivity index (χ2n) is 3.91.